The minimum Gasteiger partial charge on any atom is -0.465 e. The molecule has 0 saturated carbocycles. The summed E-state index contributed by atoms with van der Waals surface area (Å²) in [5.41, 5.74) is 6.87. The maximum absolute atomic E-state index is 12.1. The second kappa shape index (κ2) is 4.93. The van der Waals surface area contributed by atoms with Gasteiger partial charge in [-0.05, 0) is 19.1 Å². The van der Waals surface area contributed by atoms with Gasteiger partial charge in [-0.15, -0.1) is 11.3 Å². The number of aromatic nitrogens is 2. The van der Waals surface area contributed by atoms with Gasteiger partial charge in [-0.2, -0.15) is 0 Å². The van der Waals surface area contributed by atoms with Gasteiger partial charge < -0.3 is 15.5 Å². The first kappa shape index (κ1) is 12.6. The van der Waals surface area contributed by atoms with Crippen molar-refractivity contribution in [3.05, 3.63) is 40.9 Å². The summed E-state index contributed by atoms with van der Waals surface area (Å²) in [6.45, 7) is 2.17. The van der Waals surface area contributed by atoms with E-state index in [4.69, 9.17) is 10.2 Å². The Hall–Kier alpha value is -2.41. The molecule has 0 aromatic carbocycles. The van der Waals surface area contributed by atoms with Crippen LogP contribution in [0.25, 0.3) is 10.3 Å². The van der Waals surface area contributed by atoms with E-state index in [1.165, 1.54) is 11.3 Å². The number of hydrogen-bond donors (Lipinski definition) is 2. The number of nitrogen functional groups attached to an aromatic ring is 1. The van der Waals surface area contributed by atoms with E-state index in [0.717, 1.165) is 5.76 Å². The lowest BCUT2D eigenvalue weighted by Gasteiger charge is -2.01. The molecule has 0 bridgehead atoms. The number of rotatable bonds is 3. The van der Waals surface area contributed by atoms with Crippen LogP contribution in [0.5, 0.6) is 0 Å². The number of carbonyl (C=O) groups is 1. The first-order chi connectivity index (χ1) is 9.65. The predicted molar refractivity (Wildman–Crippen MR) is 76.4 cm³/mol. The summed E-state index contributed by atoms with van der Waals surface area (Å²) in [6.07, 6.45) is 3.13. The maximum atomic E-state index is 12.1. The van der Waals surface area contributed by atoms with Crippen molar-refractivity contribution in [1.82, 2.24) is 15.3 Å². The molecule has 3 N–H and O–H groups in total. The Labute approximate surface area is 118 Å². The monoisotopic (exact) mass is 288 g/mol. The lowest BCUT2D eigenvalue weighted by molar-refractivity contribution is 0.0953. The Morgan fingerprint density at radius 2 is 2.20 bits per heavy atom. The second-order valence-corrected chi connectivity index (χ2v) is 5.25. The quantitative estimate of drug-likeness (QED) is 0.769. The third-order valence-electron chi connectivity index (χ3n) is 2.79. The number of carbonyl (C=O) groups excluding carboxylic acids is 1. The smallest absolute Gasteiger partial charge is 0.264 e. The van der Waals surface area contributed by atoms with Crippen LogP contribution < -0.4 is 11.1 Å². The van der Waals surface area contributed by atoms with Crippen molar-refractivity contribution in [2.24, 2.45) is 0 Å². The second-order valence-electron chi connectivity index (χ2n) is 4.25. The number of anilines is 1. The Bertz CT molecular complexity index is 778. The van der Waals surface area contributed by atoms with Crippen LogP contribution in [0.15, 0.2) is 28.9 Å². The lowest BCUT2D eigenvalue weighted by Crippen LogP contribution is -2.22. The molecule has 0 radical (unpaired) electrons. The molecule has 0 atom stereocenters. The summed E-state index contributed by atoms with van der Waals surface area (Å²) in [4.78, 5) is 21.5. The highest BCUT2D eigenvalue weighted by Crippen LogP contribution is 2.30. The highest BCUT2D eigenvalue weighted by Gasteiger charge is 2.17. The van der Waals surface area contributed by atoms with Gasteiger partial charge in [0.25, 0.3) is 5.91 Å². The Kier molecular flexibility index (Phi) is 3.11. The predicted octanol–water partition coefficient (Wildman–Crippen LogP) is 2.10. The van der Waals surface area contributed by atoms with E-state index in [-0.39, 0.29) is 5.91 Å². The van der Waals surface area contributed by atoms with Crippen molar-refractivity contribution in [1.29, 1.82) is 0 Å². The third kappa shape index (κ3) is 2.23. The van der Waals surface area contributed by atoms with E-state index in [1.807, 2.05) is 19.1 Å². The topological polar surface area (TPSA) is 94.0 Å². The van der Waals surface area contributed by atoms with Crippen molar-refractivity contribution in [3.8, 4) is 0 Å². The molecular weight excluding hydrogens is 276 g/mol. The molecule has 0 unspecified atom stereocenters. The Morgan fingerprint density at radius 3 is 2.90 bits per heavy atom. The van der Waals surface area contributed by atoms with Crippen molar-refractivity contribution < 1.29 is 9.21 Å². The van der Waals surface area contributed by atoms with Crippen molar-refractivity contribution >= 4 is 33.3 Å². The zero-order valence-corrected chi connectivity index (χ0v) is 11.5. The molecule has 7 heteroatoms. The highest BCUT2D eigenvalue weighted by atomic mass is 32.1. The van der Waals surface area contributed by atoms with Gasteiger partial charge in [0.2, 0.25) is 0 Å². The summed E-state index contributed by atoms with van der Waals surface area (Å²) in [5, 5.41) is 2.77. The fraction of sp³-hybridized carbons (Fsp3) is 0.154. The molecule has 6 nitrogen and oxygen atoms in total. The number of thiophene rings is 1. The van der Waals surface area contributed by atoms with Gasteiger partial charge in [-0.1, -0.05) is 0 Å². The molecule has 3 aromatic rings. The van der Waals surface area contributed by atoms with Gasteiger partial charge in [-0.25, -0.2) is 9.97 Å². The maximum Gasteiger partial charge on any atom is 0.264 e. The summed E-state index contributed by atoms with van der Waals surface area (Å²) in [5.74, 6) is 1.26. The van der Waals surface area contributed by atoms with Crippen molar-refractivity contribution in [2.45, 2.75) is 13.5 Å². The zero-order valence-electron chi connectivity index (χ0n) is 10.7. The number of aryl methyl sites for hydroxylation is 1. The van der Waals surface area contributed by atoms with E-state index in [1.54, 1.807) is 12.4 Å². The van der Waals surface area contributed by atoms with E-state index >= 15 is 0 Å². The van der Waals surface area contributed by atoms with E-state index in [0.29, 0.717) is 33.2 Å². The van der Waals surface area contributed by atoms with Crippen LogP contribution in [-0.4, -0.2) is 15.9 Å². The standard InChI is InChI=1S/C13H12N4O2S/c1-7-2-3-8(19-7)6-17-12(18)11-9(14)10-13(20-11)16-5-4-15-10/h2-5H,6,14H2,1H3,(H,17,18). The van der Waals surface area contributed by atoms with Gasteiger partial charge >= 0.3 is 0 Å². The molecule has 3 heterocycles. The Morgan fingerprint density at radius 1 is 1.40 bits per heavy atom. The number of amides is 1. The number of furan rings is 1. The fourth-order valence-corrected chi connectivity index (χ4v) is 2.78. The molecule has 0 fully saturated rings. The van der Waals surface area contributed by atoms with Gasteiger partial charge in [0.1, 0.15) is 26.7 Å². The minimum atomic E-state index is -0.249. The highest BCUT2D eigenvalue weighted by molar-refractivity contribution is 7.21. The van der Waals surface area contributed by atoms with Crippen LogP contribution in [0.3, 0.4) is 0 Å². The van der Waals surface area contributed by atoms with Crippen molar-refractivity contribution in [2.75, 3.05) is 5.73 Å². The van der Waals surface area contributed by atoms with E-state index in [2.05, 4.69) is 15.3 Å². The summed E-state index contributed by atoms with van der Waals surface area (Å²) >= 11 is 1.23. The molecule has 0 saturated heterocycles. The van der Waals surface area contributed by atoms with Crippen LogP contribution in [0.1, 0.15) is 21.2 Å². The Balaban J connectivity index is 1.80. The average molecular weight is 288 g/mol. The molecule has 20 heavy (non-hydrogen) atoms. The van der Waals surface area contributed by atoms with Gasteiger partial charge in [0, 0.05) is 12.4 Å². The molecule has 0 spiro atoms. The molecule has 1 amide bonds. The summed E-state index contributed by atoms with van der Waals surface area (Å²) in [6, 6.07) is 3.68. The van der Waals surface area contributed by atoms with Gasteiger partial charge in [0.05, 0.1) is 12.2 Å². The molecule has 3 aromatic heterocycles. The van der Waals surface area contributed by atoms with Crippen LogP contribution in [0, 0.1) is 6.92 Å². The first-order valence-electron chi connectivity index (χ1n) is 5.97. The largest absolute Gasteiger partial charge is 0.465 e. The summed E-state index contributed by atoms with van der Waals surface area (Å²) < 4.78 is 5.39. The first-order valence-corrected chi connectivity index (χ1v) is 6.79. The van der Waals surface area contributed by atoms with Crippen LogP contribution in [-0.2, 0) is 6.54 Å². The van der Waals surface area contributed by atoms with Crippen LogP contribution in [0.4, 0.5) is 5.69 Å². The third-order valence-corrected chi connectivity index (χ3v) is 3.89. The van der Waals surface area contributed by atoms with E-state index < -0.39 is 0 Å². The average Bonchev–Trinajstić information content (AvgIpc) is 3.01. The number of nitrogens with zero attached hydrogens (tertiary/aromatic N) is 2. The molecule has 0 aliphatic rings. The number of nitrogens with one attached hydrogen (secondary N) is 1. The SMILES string of the molecule is Cc1ccc(CNC(=O)c2sc3nccnc3c2N)o1. The zero-order chi connectivity index (χ0) is 14.1. The van der Waals surface area contributed by atoms with Crippen LogP contribution in [0.2, 0.25) is 0 Å². The van der Waals surface area contributed by atoms with Crippen molar-refractivity contribution in [3.63, 3.8) is 0 Å². The normalized spacial score (nSPS) is 10.8. The minimum absolute atomic E-state index is 0.249. The number of fused-ring (bicyclic) bond motifs is 1. The molecule has 0 aliphatic heterocycles. The molecule has 3 rings (SSSR count). The number of nitrogens with two attached hydrogens (primary N) is 1. The van der Waals surface area contributed by atoms with Gasteiger partial charge in [0.15, 0.2) is 0 Å². The van der Waals surface area contributed by atoms with Crippen LogP contribution >= 0.6 is 11.3 Å². The number of hydrogen-bond acceptors (Lipinski definition) is 6. The lowest BCUT2D eigenvalue weighted by atomic mass is 10.3. The van der Waals surface area contributed by atoms with E-state index in [9.17, 15) is 4.79 Å². The summed E-state index contributed by atoms with van der Waals surface area (Å²) in [7, 11) is 0. The van der Waals surface area contributed by atoms with Gasteiger partial charge in [-0.3, -0.25) is 4.79 Å². The molecule has 0 aliphatic carbocycles. The fourth-order valence-electron chi connectivity index (χ4n) is 1.84. The molecule has 102 valence electrons. The molecular formula is C13H12N4O2S.